The van der Waals surface area contributed by atoms with Crippen molar-refractivity contribution in [1.82, 2.24) is 0 Å². The van der Waals surface area contributed by atoms with Crippen molar-refractivity contribution in [2.45, 2.75) is 0 Å². The van der Waals surface area contributed by atoms with E-state index in [0.717, 1.165) is 0 Å². The molecule has 0 saturated carbocycles. The van der Waals surface area contributed by atoms with E-state index in [4.69, 9.17) is 18.1 Å². The second-order valence-corrected chi connectivity index (χ2v) is 9.03. The summed E-state index contributed by atoms with van der Waals surface area (Å²) >= 11 is 0. The summed E-state index contributed by atoms with van der Waals surface area (Å²) in [7, 11) is -8.77. The zero-order chi connectivity index (χ0) is 24.3. The van der Waals surface area contributed by atoms with Gasteiger partial charge in [0.15, 0.2) is 0 Å². The fourth-order valence-corrected chi connectivity index (χ4v) is 4.07. The van der Waals surface area contributed by atoms with Gasteiger partial charge in [-0.25, -0.2) is 9.13 Å². The molecule has 0 saturated heterocycles. The van der Waals surface area contributed by atoms with Crippen molar-refractivity contribution in [2.75, 3.05) is 0 Å². The van der Waals surface area contributed by atoms with Crippen LogP contribution in [0.3, 0.4) is 0 Å². The molecule has 11 heteroatoms. The van der Waals surface area contributed by atoms with Crippen LogP contribution in [0.25, 0.3) is 0 Å². The first-order valence-corrected chi connectivity index (χ1v) is 12.8. The Balaban J connectivity index is 0.000000240. The molecule has 0 heterocycles. The van der Waals surface area contributed by atoms with Gasteiger partial charge in [-0.1, -0.05) is 72.8 Å². The monoisotopic (exact) mass is 538 g/mol. The fourth-order valence-electron chi connectivity index (χ4n) is 2.48. The topological polar surface area (TPSA) is 117 Å². The molecule has 35 heavy (non-hydrogen) atoms. The van der Waals surface area contributed by atoms with Gasteiger partial charge in [-0.15, -0.1) is 0 Å². The van der Waals surface area contributed by atoms with Gasteiger partial charge in [0, 0.05) is 0 Å². The van der Waals surface area contributed by atoms with Crippen molar-refractivity contribution < 1.29 is 37.0 Å². The Kier molecular flexibility index (Phi) is 11.8. The van der Waals surface area contributed by atoms with Crippen LogP contribution < -0.4 is 27.9 Å². The van der Waals surface area contributed by atoms with E-state index in [9.17, 15) is 18.9 Å². The van der Waals surface area contributed by atoms with Crippen LogP contribution in [0, 0.1) is 0 Å². The number of hydrogen-bond donors (Lipinski definition) is 0. The molecule has 4 rings (SSSR count). The third-order valence-corrected chi connectivity index (χ3v) is 5.58. The molecular formula is C24H20CaO8P2. The normalized spacial score (nSPS) is 10.6. The molecule has 0 aliphatic heterocycles. The van der Waals surface area contributed by atoms with Crippen molar-refractivity contribution in [1.29, 1.82) is 0 Å². The molecule has 0 amide bonds. The summed E-state index contributed by atoms with van der Waals surface area (Å²) in [4.78, 5) is 23.1. The Labute approximate surface area is 233 Å². The first kappa shape index (κ1) is 29.0. The van der Waals surface area contributed by atoms with Gasteiger partial charge in [0.2, 0.25) is 0 Å². The predicted molar refractivity (Wildman–Crippen MR) is 129 cm³/mol. The van der Waals surface area contributed by atoms with E-state index in [-0.39, 0.29) is 60.7 Å². The van der Waals surface area contributed by atoms with Crippen molar-refractivity contribution >= 4 is 53.4 Å². The van der Waals surface area contributed by atoms with Crippen molar-refractivity contribution in [3.63, 3.8) is 0 Å². The van der Waals surface area contributed by atoms with Crippen LogP contribution in [0.4, 0.5) is 0 Å². The summed E-state index contributed by atoms with van der Waals surface area (Å²) in [5.74, 6) is 0.895. The average molecular weight is 538 g/mol. The maximum absolute atomic E-state index is 11.6. The van der Waals surface area contributed by atoms with E-state index >= 15 is 0 Å². The van der Waals surface area contributed by atoms with Crippen LogP contribution in [-0.2, 0) is 9.13 Å². The number of phosphoric acid groups is 2. The third-order valence-electron chi connectivity index (χ3n) is 3.84. The zero-order valence-corrected chi connectivity index (χ0v) is 22.4. The van der Waals surface area contributed by atoms with Crippen molar-refractivity contribution in [2.24, 2.45) is 0 Å². The van der Waals surface area contributed by atoms with E-state index in [2.05, 4.69) is 0 Å². The molecule has 0 aliphatic rings. The molecule has 0 fully saturated rings. The average Bonchev–Trinajstić information content (AvgIpc) is 2.81. The Morgan fingerprint density at radius 2 is 0.571 bits per heavy atom. The van der Waals surface area contributed by atoms with Gasteiger partial charge in [-0.3, -0.25) is 0 Å². The third kappa shape index (κ3) is 11.3. The molecule has 0 aromatic heterocycles. The Bertz CT molecular complexity index is 1040. The van der Waals surface area contributed by atoms with E-state index in [1.807, 2.05) is 0 Å². The number of hydrogen-bond acceptors (Lipinski definition) is 8. The van der Waals surface area contributed by atoms with Gasteiger partial charge >= 0.3 is 53.4 Å². The summed E-state index contributed by atoms with van der Waals surface area (Å²) in [6.07, 6.45) is 0. The Hall–Kier alpha value is -2.28. The Morgan fingerprint density at radius 1 is 0.400 bits per heavy atom. The minimum Gasteiger partial charge on any atom is -0.736 e. The van der Waals surface area contributed by atoms with Gasteiger partial charge < -0.3 is 27.9 Å². The van der Waals surface area contributed by atoms with Crippen molar-refractivity contribution in [3.8, 4) is 23.0 Å². The maximum atomic E-state index is 11.6. The van der Waals surface area contributed by atoms with Crippen LogP contribution in [0.5, 0.6) is 23.0 Å². The van der Waals surface area contributed by atoms with E-state index in [0.29, 0.717) is 0 Å². The molecule has 0 bridgehead atoms. The molecule has 4 aromatic rings. The van der Waals surface area contributed by atoms with Crippen LogP contribution in [0.1, 0.15) is 0 Å². The number of phosphoric ester groups is 2. The second-order valence-electron chi connectivity index (χ2n) is 6.51. The molecular weight excluding hydrogens is 518 g/mol. The van der Waals surface area contributed by atoms with Gasteiger partial charge in [0.1, 0.15) is 23.0 Å². The van der Waals surface area contributed by atoms with Crippen LogP contribution in [0.15, 0.2) is 121 Å². The van der Waals surface area contributed by atoms with E-state index in [1.54, 1.807) is 121 Å². The smallest absolute Gasteiger partial charge is 0.736 e. The zero-order valence-electron chi connectivity index (χ0n) is 18.4. The van der Waals surface area contributed by atoms with Gasteiger partial charge in [-0.05, 0) is 48.5 Å². The Morgan fingerprint density at radius 3 is 0.743 bits per heavy atom. The quantitative estimate of drug-likeness (QED) is 0.231. The molecule has 0 N–H and O–H groups in total. The number of benzene rings is 4. The molecule has 176 valence electrons. The molecule has 0 radical (unpaired) electrons. The largest absolute Gasteiger partial charge is 2.00 e. The van der Waals surface area contributed by atoms with E-state index in [1.165, 1.54) is 0 Å². The molecule has 0 unspecified atom stereocenters. The van der Waals surface area contributed by atoms with Crippen LogP contribution >= 0.6 is 15.6 Å². The molecule has 0 spiro atoms. The van der Waals surface area contributed by atoms with Crippen LogP contribution in [0.2, 0.25) is 0 Å². The summed E-state index contributed by atoms with van der Waals surface area (Å²) in [6, 6.07) is 32.8. The summed E-state index contributed by atoms with van der Waals surface area (Å²) in [6.45, 7) is 0. The predicted octanol–water partition coefficient (Wildman–Crippen LogP) is 4.84. The summed E-state index contributed by atoms with van der Waals surface area (Å²) in [5.41, 5.74) is 0. The van der Waals surface area contributed by atoms with Crippen LogP contribution in [-0.4, -0.2) is 37.7 Å². The maximum Gasteiger partial charge on any atom is 2.00 e. The summed E-state index contributed by atoms with van der Waals surface area (Å²) in [5, 5.41) is 0. The van der Waals surface area contributed by atoms with Crippen molar-refractivity contribution in [3.05, 3.63) is 121 Å². The molecule has 8 nitrogen and oxygen atoms in total. The number of para-hydroxylation sites is 4. The first-order valence-electron chi connectivity index (χ1n) is 9.92. The molecule has 0 atom stereocenters. The van der Waals surface area contributed by atoms with Gasteiger partial charge in [0.05, 0.1) is 0 Å². The first-order chi connectivity index (χ1) is 16.3. The van der Waals surface area contributed by atoms with Gasteiger partial charge in [0.25, 0.3) is 0 Å². The second kappa shape index (κ2) is 14.3. The minimum absolute atomic E-state index is 0. The van der Waals surface area contributed by atoms with Gasteiger partial charge in [-0.2, -0.15) is 0 Å². The molecule has 4 aromatic carbocycles. The SMILES string of the molecule is O=P([O-])(Oc1ccccc1)Oc1ccccc1.O=P([O-])(Oc1ccccc1)Oc1ccccc1.[Ca+2]. The minimum atomic E-state index is -4.39. The fraction of sp³-hybridized carbons (Fsp3) is 0. The standard InChI is InChI=1S/2C12H11O4P.Ca/c2*13-17(14,15-11-7-3-1-4-8-11)16-12-9-5-2-6-10-12;/h2*1-10H,(H,13,14);/q;;+2/p-2. The number of rotatable bonds is 8. The molecule has 0 aliphatic carbocycles. The summed E-state index contributed by atoms with van der Waals surface area (Å²) < 4.78 is 42.2. The van der Waals surface area contributed by atoms with E-state index < -0.39 is 15.6 Å².